The summed E-state index contributed by atoms with van der Waals surface area (Å²) >= 11 is 0. The van der Waals surface area contributed by atoms with Crippen molar-refractivity contribution in [1.82, 2.24) is 5.32 Å². The molecule has 1 amide bonds. The van der Waals surface area contributed by atoms with E-state index >= 15 is 0 Å². The zero-order valence-corrected chi connectivity index (χ0v) is 7.73. The van der Waals surface area contributed by atoms with E-state index in [4.69, 9.17) is 4.74 Å². The van der Waals surface area contributed by atoms with Gasteiger partial charge in [-0.3, -0.25) is 0 Å². The van der Waals surface area contributed by atoms with Crippen molar-refractivity contribution in [3.05, 3.63) is 29.8 Å². The first kappa shape index (κ1) is 8.87. The van der Waals surface area contributed by atoms with E-state index in [1.165, 1.54) is 0 Å². The maximum atomic E-state index is 10.9. The summed E-state index contributed by atoms with van der Waals surface area (Å²) in [7, 11) is 0. The normalized spacial score (nSPS) is 25.6. The van der Waals surface area contributed by atoms with Gasteiger partial charge in [0.15, 0.2) is 0 Å². The number of hydrogen-bond acceptors (Lipinski definition) is 3. The van der Waals surface area contributed by atoms with E-state index in [9.17, 15) is 9.90 Å². The van der Waals surface area contributed by atoms with Gasteiger partial charge in [-0.15, -0.1) is 0 Å². The molecule has 1 fully saturated rings. The molecule has 0 radical (unpaired) electrons. The fraction of sp³-hybridized carbons (Fsp3) is 0.300. The molecular formula is C10H11NO3. The molecule has 74 valence electrons. The zero-order valence-electron chi connectivity index (χ0n) is 7.73. The van der Waals surface area contributed by atoms with Crippen LogP contribution >= 0.6 is 0 Å². The van der Waals surface area contributed by atoms with E-state index in [-0.39, 0.29) is 17.9 Å². The van der Waals surface area contributed by atoms with Crippen molar-refractivity contribution in [3.63, 3.8) is 0 Å². The van der Waals surface area contributed by atoms with Gasteiger partial charge in [-0.1, -0.05) is 12.1 Å². The second kappa shape index (κ2) is 3.21. The van der Waals surface area contributed by atoms with Gasteiger partial charge >= 0.3 is 6.09 Å². The van der Waals surface area contributed by atoms with E-state index in [1.54, 1.807) is 18.2 Å². The molecule has 0 spiro atoms. The fourth-order valence-electron chi connectivity index (χ4n) is 1.57. The van der Waals surface area contributed by atoms with Gasteiger partial charge in [-0.25, -0.2) is 4.79 Å². The Labute approximate surface area is 81.5 Å². The molecule has 1 heterocycles. The van der Waals surface area contributed by atoms with Crippen molar-refractivity contribution in [2.75, 3.05) is 0 Å². The third-order valence-electron chi connectivity index (χ3n) is 2.23. The van der Waals surface area contributed by atoms with Crippen LogP contribution in [0.3, 0.4) is 0 Å². The number of alkyl carbamates (subject to hydrolysis) is 1. The van der Waals surface area contributed by atoms with Gasteiger partial charge in [-0.05, 0) is 24.6 Å². The SMILES string of the molecule is C[C@@H]1NC(=O)OC1c1cccc(O)c1. The molecule has 1 aromatic carbocycles. The van der Waals surface area contributed by atoms with Gasteiger partial charge in [0.05, 0.1) is 6.04 Å². The van der Waals surface area contributed by atoms with E-state index in [1.807, 2.05) is 13.0 Å². The summed E-state index contributed by atoms with van der Waals surface area (Å²) < 4.78 is 5.05. The zero-order chi connectivity index (χ0) is 10.1. The highest BCUT2D eigenvalue weighted by Gasteiger charge is 2.31. The third-order valence-corrected chi connectivity index (χ3v) is 2.23. The molecule has 4 nitrogen and oxygen atoms in total. The highest BCUT2D eigenvalue weighted by Crippen LogP contribution is 2.27. The first-order valence-corrected chi connectivity index (χ1v) is 4.43. The van der Waals surface area contributed by atoms with Gasteiger partial charge in [0.25, 0.3) is 0 Å². The van der Waals surface area contributed by atoms with Crippen molar-refractivity contribution in [2.45, 2.75) is 19.1 Å². The Morgan fingerprint density at radius 2 is 2.29 bits per heavy atom. The van der Waals surface area contributed by atoms with Crippen LogP contribution in [-0.4, -0.2) is 17.2 Å². The van der Waals surface area contributed by atoms with Crippen molar-refractivity contribution >= 4 is 6.09 Å². The lowest BCUT2D eigenvalue weighted by Crippen LogP contribution is -2.23. The molecule has 2 N–H and O–H groups in total. The number of phenols is 1. The summed E-state index contributed by atoms with van der Waals surface area (Å²) in [6.45, 7) is 1.86. The van der Waals surface area contributed by atoms with E-state index in [0.29, 0.717) is 0 Å². The predicted octanol–water partition coefficient (Wildman–Crippen LogP) is 1.56. The van der Waals surface area contributed by atoms with Crippen LogP contribution in [0.25, 0.3) is 0 Å². The average molecular weight is 193 g/mol. The maximum absolute atomic E-state index is 10.9. The standard InChI is InChI=1S/C10H11NO3/c1-6-9(14-10(13)11-6)7-3-2-4-8(12)5-7/h2-6,9,12H,1H3,(H,11,13)/t6-,9?/m0/s1. The molecule has 4 heteroatoms. The van der Waals surface area contributed by atoms with Crippen molar-refractivity contribution in [3.8, 4) is 5.75 Å². The summed E-state index contributed by atoms with van der Waals surface area (Å²) in [5.74, 6) is 0.178. The van der Waals surface area contributed by atoms with Gasteiger partial charge < -0.3 is 15.2 Å². The number of ether oxygens (including phenoxy) is 1. The molecule has 1 aromatic rings. The minimum atomic E-state index is -0.411. The Balaban J connectivity index is 2.27. The molecule has 0 bridgehead atoms. The van der Waals surface area contributed by atoms with E-state index in [0.717, 1.165) is 5.56 Å². The Bertz CT molecular complexity index is 364. The minimum Gasteiger partial charge on any atom is -0.508 e. The monoisotopic (exact) mass is 193 g/mol. The topological polar surface area (TPSA) is 58.6 Å². The highest BCUT2D eigenvalue weighted by atomic mass is 16.6. The number of carbonyl (C=O) groups excluding carboxylic acids is 1. The largest absolute Gasteiger partial charge is 0.508 e. The Morgan fingerprint density at radius 1 is 1.50 bits per heavy atom. The minimum absolute atomic E-state index is 0.0655. The summed E-state index contributed by atoms with van der Waals surface area (Å²) in [4.78, 5) is 10.9. The molecule has 0 saturated carbocycles. The molecule has 1 saturated heterocycles. The third kappa shape index (κ3) is 1.51. The first-order chi connectivity index (χ1) is 6.66. The Hall–Kier alpha value is -1.71. The molecule has 1 aliphatic heterocycles. The number of aromatic hydroxyl groups is 1. The number of nitrogens with one attached hydrogen (secondary N) is 1. The highest BCUT2D eigenvalue weighted by molar-refractivity contribution is 5.70. The van der Waals surface area contributed by atoms with Gasteiger partial charge in [0.1, 0.15) is 11.9 Å². The summed E-state index contributed by atoms with van der Waals surface area (Å²) in [5, 5.41) is 11.9. The Kier molecular flexibility index (Phi) is 2.04. The van der Waals surface area contributed by atoms with Crippen LogP contribution in [0.2, 0.25) is 0 Å². The molecule has 1 unspecified atom stereocenters. The van der Waals surface area contributed by atoms with Crippen LogP contribution in [0.1, 0.15) is 18.6 Å². The number of amides is 1. The lowest BCUT2D eigenvalue weighted by Gasteiger charge is -2.12. The lowest BCUT2D eigenvalue weighted by molar-refractivity contribution is 0.133. The first-order valence-electron chi connectivity index (χ1n) is 4.43. The number of cyclic esters (lactones) is 1. The van der Waals surface area contributed by atoms with Gasteiger partial charge in [0.2, 0.25) is 0 Å². The van der Waals surface area contributed by atoms with Crippen LogP contribution in [0.4, 0.5) is 4.79 Å². The number of phenolic OH excluding ortho intramolecular Hbond substituents is 1. The smallest absolute Gasteiger partial charge is 0.408 e. The predicted molar refractivity (Wildman–Crippen MR) is 49.9 cm³/mol. The molecule has 0 aliphatic carbocycles. The fourth-order valence-corrected chi connectivity index (χ4v) is 1.57. The molecule has 0 aromatic heterocycles. The number of carbonyl (C=O) groups is 1. The molecule has 14 heavy (non-hydrogen) atoms. The van der Waals surface area contributed by atoms with Gasteiger partial charge in [-0.2, -0.15) is 0 Å². The second-order valence-corrected chi connectivity index (χ2v) is 3.35. The number of rotatable bonds is 1. The van der Waals surface area contributed by atoms with Crippen molar-refractivity contribution < 1.29 is 14.6 Å². The van der Waals surface area contributed by atoms with Crippen LogP contribution < -0.4 is 5.32 Å². The number of hydrogen-bond donors (Lipinski definition) is 2. The second-order valence-electron chi connectivity index (χ2n) is 3.35. The van der Waals surface area contributed by atoms with Crippen LogP contribution in [-0.2, 0) is 4.74 Å². The summed E-state index contributed by atoms with van der Waals surface area (Å²) in [6, 6.07) is 6.66. The quantitative estimate of drug-likeness (QED) is 0.711. The van der Waals surface area contributed by atoms with Crippen LogP contribution in [0, 0.1) is 0 Å². The molecule has 2 atom stereocenters. The molecule has 1 aliphatic rings. The van der Waals surface area contributed by atoms with Crippen molar-refractivity contribution in [1.29, 1.82) is 0 Å². The van der Waals surface area contributed by atoms with E-state index < -0.39 is 6.09 Å². The van der Waals surface area contributed by atoms with E-state index in [2.05, 4.69) is 5.32 Å². The Morgan fingerprint density at radius 3 is 2.86 bits per heavy atom. The summed E-state index contributed by atoms with van der Waals surface area (Å²) in [5.41, 5.74) is 0.802. The lowest BCUT2D eigenvalue weighted by atomic mass is 10.0. The average Bonchev–Trinajstić information content (AvgIpc) is 2.45. The maximum Gasteiger partial charge on any atom is 0.408 e. The van der Waals surface area contributed by atoms with Crippen LogP contribution in [0.15, 0.2) is 24.3 Å². The summed E-state index contributed by atoms with van der Waals surface area (Å²) in [6.07, 6.45) is -0.722. The molecular weight excluding hydrogens is 182 g/mol. The van der Waals surface area contributed by atoms with Crippen LogP contribution in [0.5, 0.6) is 5.75 Å². The van der Waals surface area contributed by atoms with Crippen molar-refractivity contribution in [2.24, 2.45) is 0 Å². The molecule has 2 rings (SSSR count). The number of benzene rings is 1. The van der Waals surface area contributed by atoms with Gasteiger partial charge in [0, 0.05) is 0 Å².